The molecule has 6 rings (SSSR count). The van der Waals surface area contributed by atoms with Crippen molar-refractivity contribution in [2.24, 2.45) is 7.05 Å². The summed E-state index contributed by atoms with van der Waals surface area (Å²) in [6.45, 7) is 3.10. The van der Waals surface area contributed by atoms with E-state index < -0.39 is 0 Å². The number of amides is 1. The van der Waals surface area contributed by atoms with E-state index in [0.717, 1.165) is 58.1 Å². The van der Waals surface area contributed by atoms with Crippen LogP contribution >= 0.6 is 11.3 Å². The lowest BCUT2D eigenvalue weighted by atomic mass is 10.0. The standard InChI is InChI=1S/C25H24N6O3S/c1-14(32)30-5-3-16(4-6-30)31-11-15(9-28-31)19-10-27-25(26)24-18(19)7-21(34-24)20-13-35-22-12-29(2)23(33)8-17(20)22/h7-13,16H,3-6H2,1-2H3,(H2,26,27). The highest BCUT2D eigenvalue weighted by Crippen LogP contribution is 2.40. The number of anilines is 1. The number of fused-ring (bicyclic) bond motifs is 2. The zero-order chi connectivity index (χ0) is 24.3. The maximum Gasteiger partial charge on any atom is 0.250 e. The molecule has 5 aromatic rings. The number of aryl methyl sites for hydroxylation is 1. The summed E-state index contributed by atoms with van der Waals surface area (Å²) in [5.41, 5.74) is 9.29. The molecule has 6 heterocycles. The van der Waals surface area contributed by atoms with Gasteiger partial charge in [0.25, 0.3) is 5.56 Å². The lowest BCUT2D eigenvalue weighted by Gasteiger charge is -2.31. The lowest BCUT2D eigenvalue weighted by Crippen LogP contribution is -2.37. The number of likely N-dealkylation sites (tertiary alicyclic amines) is 1. The second-order valence-corrected chi connectivity index (χ2v) is 9.92. The monoisotopic (exact) mass is 488 g/mol. The number of nitrogen functional groups attached to an aromatic ring is 1. The van der Waals surface area contributed by atoms with Crippen LogP contribution in [-0.4, -0.2) is 43.2 Å². The van der Waals surface area contributed by atoms with Crippen molar-refractivity contribution in [3.63, 3.8) is 0 Å². The van der Waals surface area contributed by atoms with Crippen LogP contribution in [0.5, 0.6) is 0 Å². The molecule has 178 valence electrons. The van der Waals surface area contributed by atoms with Crippen LogP contribution in [0.1, 0.15) is 25.8 Å². The molecular weight excluding hydrogens is 464 g/mol. The average molecular weight is 489 g/mol. The van der Waals surface area contributed by atoms with Gasteiger partial charge < -0.3 is 19.6 Å². The van der Waals surface area contributed by atoms with Crippen molar-refractivity contribution in [1.29, 1.82) is 0 Å². The van der Waals surface area contributed by atoms with E-state index in [-0.39, 0.29) is 17.5 Å². The SMILES string of the molecule is CC(=O)N1CCC(n2cc(-c3cnc(N)c4oc(-c5csc6cn(C)c(=O)cc56)cc34)cn2)CC1. The molecule has 0 unspecified atom stereocenters. The number of carbonyl (C=O) groups excluding carboxylic acids is 1. The maximum absolute atomic E-state index is 12.2. The number of piperidine rings is 1. The van der Waals surface area contributed by atoms with Crippen molar-refractivity contribution in [1.82, 2.24) is 24.2 Å². The van der Waals surface area contributed by atoms with E-state index in [1.54, 1.807) is 42.1 Å². The van der Waals surface area contributed by atoms with Crippen LogP contribution < -0.4 is 11.3 Å². The van der Waals surface area contributed by atoms with Crippen LogP contribution in [-0.2, 0) is 11.8 Å². The first-order valence-electron chi connectivity index (χ1n) is 11.5. The van der Waals surface area contributed by atoms with Crippen molar-refractivity contribution in [3.8, 4) is 22.5 Å². The Morgan fingerprint density at radius 3 is 2.71 bits per heavy atom. The summed E-state index contributed by atoms with van der Waals surface area (Å²) in [5.74, 6) is 1.08. The van der Waals surface area contributed by atoms with Gasteiger partial charge in [-0.2, -0.15) is 5.10 Å². The number of carbonyl (C=O) groups is 1. The molecule has 0 radical (unpaired) electrons. The van der Waals surface area contributed by atoms with Gasteiger partial charge in [0.2, 0.25) is 5.91 Å². The number of pyridine rings is 2. The number of thiophene rings is 1. The van der Waals surface area contributed by atoms with Crippen molar-refractivity contribution in [2.45, 2.75) is 25.8 Å². The van der Waals surface area contributed by atoms with Crippen LogP contribution in [0.2, 0.25) is 0 Å². The molecule has 0 saturated carbocycles. The molecule has 0 bridgehead atoms. The molecule has 2 N–H and O–H groups in total. The maximum atomic E-state index is 12.2. The summed E-state index contributed by atoms with van der Waals surface area (Å²) < 4.78 is 10.7. The van der Waals surface area contributed by atoms with E-state index in [1.165, 1.54) is 0 Å². The third-order valence-electron chi connectivity index (χ3n) is 6.84. The van der Waals surface area contributed by atoms with Crippen molar-refractivity contribution >= 4 is 44.1 Å². The molecule has 0 aromatic carbocycles. The topological polar surface area (TPSA) is 112 Å². The highest BCUT2D eigenvalue weighted by Gasteiger charge is 2.23. The van der Waals surface area contributed by atoms with Gasteiger partial charge in [0.05, 0.1) is 16.9 Å². The Hall–Kier alpha value is -3.92. The van der Waals surface area contributed by atoms with Crippen LogP contribution in [0.25, 0.3) is 43.5 Å². The molecular formula is C25H24N6O3S. The molecule has 5 aromatic heterocycles. The average Bonchev–Trinajstić information content (AvgIpc) is 3.58. The molecule has 1 aliphatic heterocycles. The highest BCUT2D eigenvalue weighted by molar-refractivity contribution is 7.17. The van der Waals surface area contributed by atoms with Crippen LogP contribution in [0.3, 0.4) is 0 Å². The second kappa shape index (κ2) is 8.09. The van der Waals surface area contributed by atoms with Gasteiger partial charge in [0.1, 0.15) is 5.76 Å². The zero-order valence-electron chi connectivity index (χ0n) is 19.4. The Morgan fingerprint density at radius 2 is 1.94 bits per heavy atom. The Labute approximate surface area is 204 Å². The predicted octanol–water partition coefficient (Wildman–Crippen LogP) is 4.04. The Morgan fingerprint density at radius 1 is 1.14 bits per heavy atom. The summed E-state index contributed by atoms with van der Waals surface area (Å²) in [5, 5.41) is 8.32. The van der Waals surface area contributed by atoms with Gasteiger partial charge in [0.15, 0.2) is 11.4 Å². The largest absolute Gasteiger partial charge is 0.452 e. The number of hydrogen-bond donors (Lipinski definition) is 1. The normalized spacial score (nSPS) is 14.9. The van der Waals surface area contributed by atoms with E-state index in [9.17, 15) is 9.59 Å². The number of nitrogens with zero attached hydrogens (tertiary/aromatic N) is 5. The minimum atomic E-state index is -0.0725. The van der Waals surface area contributed by atoms with Gasteiger partial charge in [-0.15, -0.1) is 11.3 Å². The molecule has 1 amide bonds. The van der Waals surface area contributed by atoms with E-state index in [0.29, 0.717) is 17.2 Å². The van der Waals surface area contributed by atoms with E-state index >= 15 is 0 Å². The molecule has 1 saturated heterocycles. The molecule has 0 aliphatic carbocycles. The van der Waals surface area contributed by atoms with Crippen molar-refractivity contribution < 1.29 is 9.21 Å². The minimum absolute atomic E-state index is 0.0725. The number of hydrogen-bond acceptors (Lipinski definition) is 7. The number of aromatic nitrogens is 4. The molecule has 0 spiro atoms. The summed E-state index contributed by atoms with van der Waals surface area (Å²) in [7, 11) is 1.74. The van der Waals surface area contributed by atoms with Crippen LogP contribution in [0, 0.1) is 0 Å². The molecule has 0 atom stereocenters. The minimum Gasteiger partial charge on any atom is -0.452 e. The molecule has 10 heteroatoms. The zero-order valence-corrected chi connectivity index (χ0v) is 20.2. The lowest BCUT2D eigenvalue weighted by molar-refractivity contribution is -0.130. The summed E-state index contributed by atoms with van der Waals surface area (Å²) in [6.07, 6.45) is 9.19. The van der Waals surface area contributed by atoms with Gasteiger partial charge in [0, 0.05) is 84.6 Å². The Kier molecular flexibility index (Phi) is 4.99. The number of nitrogens with two attached hydrogens (primary N) is 1. The van der Waals surface area contributed by atoms with Gasteiger partial charge in [-0.25, -0.2) is 4.98 Å². The van der Waals surface area contributed by atoms with Crippen LogP contribution in [0.15, 0.2) is 51.5 Å². The van der Waals surface area contributed by atoms with Crippen LogP contribution in [0.4, 0.5) is 5.82 Å². The van der Waals surface area contributed by atoms with Crippen molar-refractivity contribution in [3.05, 3.63) is 52.7 Å². The summed E-state index contributed by atoms with van der Waals surface area (Å²) >= 11 is 1.56. The van der Waals surface area contributed by atoms with Crippen molar-refractivity contribution in [2.75, 3.05) is 18.8 Å². The fourth-order valence-electron chi connectivity index (χ4n) is 4.82. The molecule has 1 fully saturated rings. The van der Waals surface area contributed by atoms with Gasteiger partial charge in [-0.3, -0.25) is 14.3 Å². The summed E-state index contributed by atoms with van der Waals surface area (Å²) in [6, 6.07) is 3.85. The molecule has 9 nitrogen and oxygen atoms in total. The summed E-state index contributed by atoms with van der Waals surface area (Å²) in [4.78, 5) is 30.1. The molecule has 35 heavy (non-hydrogen) atoms. The Balaban J connectivity index is 1.38. The highest BCUT2D eigenvalue weighted by atomic mass is 32.1. The third-order valence-corrected chi connectivity index (χ3v) is 7.77. The first-order chi connectivity index (χ1) is 16.9. The number of rotatable bonds is 3. The smallest absolute Gasteiger partial charge is 0.250 e. The second-order valence-electron chi connectivity index (χ2n) is 9.01. The third kappa shape index (κ3) is 3.61. The first kappa shape index (κ1) is 21.6. The Bertz CT molecular complexity index is 1650. The number of furan rings is 1. The molecule has 1 aliphatic rings. The fraction of sp³-hybridized carbons (Fsp3) is 0.280. The van der Waals surface area contributed by atoms with Gasteiger partial charge in [-0.05, 0) is 18.9 Å². The van der Waals surface area contributed by atoms with E-state index in [1.807, 2.05) is 39.6 Å². The van der Waals surface area contributed by atoms with E-state index in [2.05, 4.69) is 10.1 Å². The van der Waals surface area contributed by atoms with E-state index in [4.69, 9.17) is 10.2 Å². The first-order valence-corrected chi connectivity index (χ1v) is 12.3. The predicted molar refractivity (Wildman–Crippen MR) is 136 cm³/mol. The van der Waals surface area contributed by atoms with Gasteiger partial charge in [-0.1, -0.05) is 0 Å². The quantitative estimate of drug-likeness (QED) is 0.410. The van der Waals surface area contributed by atoms with Gasteiger partial charge >= 0.3 is 0 Å². The fourth-order valence-corrected chi connectivity index (χ4v) is 5.82.